The van der Waals surface area contributed by atoms with Crippen LogP contribution >= 0.6 is 0 Å². The first-order chi connectivity index (χ1) is 11.9. The Kier molecular flexibility index (Phi) is 5.31. The van der Waals surface area contributed by atoms with Crippen LogP contribution < -0.4 is 9.62 Å². The summed E-state index contributed by atoms with van der Waals surface area (Å²) >= 11 is 0. The summed E-state index contributed by atoms with van der Waals surface area (Å²) in [5, 5.41) is 2.49. The Morgan fingerprint density at radius 3 is 2.15 bits per heavy atom. The monoisotopic (exact) mass is 386 g/mol. The molecule has 5 nitrogen and oxygen atoms in total. The SMILES string of the molecule is Cc1ccc(C(=O)Nc2ccc(C(F)(F)F)cc2)cc1N(C)S(C)(=O)=O. The summed E-state index contributed by atoms with van der Waals surface area (Å²) in [4.78, 5) is 12.3. The molecule has 0 spiro atoms. The van der Waals surface area contributed by atoms with Gasteiger partial charge in [0.25, 0.3) is 5.91 Å². The third-order valence-electron chi connectivity index (χ3n) is 3.78. The van der Waals surface area contributed by atoms with Crippen molar-refractivity contribution < 1.29 is 26.4 Å². The smallest absolute Gasteiger partial charge is 0.322 e. The Morgan fingerprint density at radius 1 is 1.08 bits per heavy atom. The van der Waals surface area contributed by atoms with E-state index in [4.69, 9.17) is 0 Å². The summed E-state index contributed by atoms with van der Waals surface area (Å²) in [5.41, 5.74) is 0.557. The first-order valence-electron chi connectivity index (χ1n) is 7.43. The summed E-state index contributed by atoms with van der Waals surface area (Å²) in [5.74, 6) is -0.562. The molecule has 2 aromatic carbocycles. The molecule has 140 valence electrons. The van der Waals surface area contributed by atoms with Gasteiger partial charge in [-0.25, -0.2) is 8.42 Å². The van der Waals surface area contributed by atoms with Crippen LogP contribution in [0.5, 0.6) is 0 Å². The van der Waals surface area contributed by atoms with Crippen molar-refractivity contribution in [3.05, 3.63) is 59.2 Å². The topological polar surface area (TPSA) is 66.5 Å². The highest BCUT2D eigenvalue weighted by Crippen LogP contribution is 2.30. The average molecular weight is 386 g/mol. The highest BCUT2D eigenvalue weighted by Gasteiger charge is 2.30. The molecule has 1 amide bonds. The fourth-order valence-electron chi connectivity index (χ4n) is 2.21. The Morgan fingerprint density at radius 2 is 1.65 bits per heavy atom. The minimum atomic E-state index is -4.45. The molecule has 0 saturated heterocycles. The van der Waals surface area contributed by atoms with E-state index in [0.717, 1.165) is 34.8 Å². The van der Waals surface area contributed by atoms with Gasteiger partial charge in [0, 0.05) is 18.3 Å². The molecule has 1 N–H and O–H groups in total. The maximum Gasteiger partial charge on any atom is 0.416 e. The zero-order chi connectivity index (χ0) is 19.7. The fraction of sp³-hybridized carbons (Fsp3) is 0.235. The minimum Gasteiger partial charge on any atom is -0.322 e. The number of alkyl halides is 3. The van der Waals surface area contributed by atoms with Crippen LogP contribution in [-0.4, -0.2) is 27.6 Å². The number of halogens is 3. The summed E-state index contributed by atoms with van der Waals surface area (Å²) in [6.07, 6.45) is -3.41. The van der Waals surface area contributed by atoms with Gasteiger partial charge in [-0.15, -0.1) is 0 Å². The van der Waals surface area contributed by atoms with Crippen LogP contribution in [0.4, 0.5) is 24.5 Å². The van der Waals surface area contributed by atoms with E-state index < -0.39 is 27.7 Å². The van der Waals surface area contributed by atoms with Crippen LogP contribution in [-0.2, 0) is 16.2 Å². The maximum atomic E-state index is 12.6. The highest BCUT2D eigenvalue weighted by molar-refractivity contribution is 7.92. The van der Waals surface area contributed by atoms with E-state index in [-0.39, 0.29) is 11.3 Å². The lowest BCUT2D eigenvalue weighted by Crippen LogP contribution is -2.26. The van der Waals surface area contributed by atoms with Gasteiger partial charge in [-0.3, -0.25) is 9.10 Å². The van der Waals surface area contributed by atoms with Crippen LogP contribution in [0.25, 0.3) is 0 Å². The van der Waals surface area contributed by atoms with Gasteiger partial charge in [0.2, 0.25) is 10.0 Å². The molecule has 0 aromatic heterocycles. The number of anilines is 2. The van der Waals surface area contributed by atoms with Gasteiger partial charge in [0.05, 0.1) is 17.5 Å². The lowest BCUT2D eigenvalue weighted by atomic mass is 10.1. The molecule has 0 aliphatic rings. The van der Waals surface area contributed by atoms with Crippen molar-refractivity contribution >= 4 is 27.3 Å². The molecule has 26 heavy (non-hydrogen) atoms. The molecule has 2 rings (SSSR count). The Balaban J connectivity index is 2.25. The second-order valence-corrected chi connectivity index (χ2v) is 7.77. The number of amides is 1. The van der Waals surface area contributed by atoms with Crippen molar-refractivity contribution in [1.29, 1.82) is 0 Å². The number of carbonyl (C=O) groups is 1. The molecule has 0 heterocycles. The molecule has 0 unspecified atom stereocenters. The molecule has 0 atom stereocenters. The summed E-state index contributed by atoms with van der Waals surface area (Å²) in [6.45, 7) is 1.70. The molecule has 0 bridgehead atoms. The number of carbonyl (C=O) groups excluding carboxylic acids is 1. The summed E-state index contributed by atoms with van der Waals surface area (Å²) in [7, 11) is -2.13. The third kappa shape index (κ3) is 4.54. The number of benzene rings is 2. The van der Waals surface area contributed by atoms with Crippen molar-refractivity contribution in [3.8, 4) is 0 Å². The molecule has 9 heteroatoms. The first-order valence-corrected chi connectivity index (χ1v) is 9.27. The van der Waals surface area contributed by atoms with E-state index in [9.17, 15) is 26.4 Å². The highest BCUT2D eigenvalue weighted by atomic mass is 32.2. The lowest BCUT2D eigenvalue weighted by Gasteiger charge is -2.19. The number of nitrogens with zero attached hydrogens (tertiary/aromatic N) is 1. The molecular weight excluding hydrogens is 369 g/mol. The molecule has 2 aromatic rings. The number of hydrogen-bond acceptors (Lipinski definition) is 3. The van der Waals surface area contributed by atoms with Crippen LogP contribution in [0.1, 0.15) is 21.5 Å². The number of sulfonamides is 1. The minimum absolute atomic E-state index is 0.181. The molecule has 0 aliphatic heterocycles. The van der Waals surface area contributed by atoms with Crippen molar-refractivity contribution in [2.75, 3.05) is 22.9 Å². The van der Waals surface area contributed by atoms with E-state index >= 15 is 0 Å². The molecule has 0 radical (unpaired) electrons. The van der Waals surface area contributed by atoms with E-state index in [1.807, 2.05) is 0 Å². The number of hydrogen-bond donors (Lipinski definition) is 1. The average Bonchev–Trinajstić information content (AvgIpc) is 2.53. The molecule has 0 aliphatic carbocycles. The summed E-state index contributed by atoms with van der Waals surface area (Å²) < 4.78 is 62.1. The van der Waals surface area contributed by atoms with E-state index in [1.165, 1.54) is 19.2 Å². The molecule has 0 fully saturated rings. The largest absolute Gasteiger partial charge is 0.416 e. The van der Waals surface area contributed by atoms with Crippen molar-refractivity contribution in [2.45, 2.75) is 13.1 Å². The van der Waals surface area contributed by atoms with Crippen LogP contribution in [0.3, 0.4) is 0 Å². The van der Waals surface area contributed by atoms with E-state index in [1.54, 1.807) is 13.0 Å². The third-order valence-corrected chi connectivity index (χ3v) is 4.97. The van der Waals surface area contributed by atoms with Gasteiger partial charge in [0.1, 0.15) is 0 Å². The van der Waals surface area contributed by atoms with Gasteiger partial charge < -0.3 is 5.32 Å². The Hall–Kier alpha value is -2.55. The first kappa shape index (κ1) is 19.8. The second kappa shape index (κ2) is 6.99. The van der Waals surface area contributed by atoms with Crippen LogP contribution in [0.2, 0.25) is 0 Å². The van der Waals surface area contributed by atoms with Gasteiger partial charge in [-0.05, 0) is 48.9 Å². The van der Waals surface area contributed by atoms with Gasteiger partial charge in [-0.2, -0.15) is 13.2 Å². The fourth-order valence-corrected chi connectivity index (χ4v) is 2.77. The normalized spacial score (nSPS) is 11.9. The van der Waals surface area contributed by atoms with E-state index in [2.05, 4.69) is 5.32 Å². The van der Waals surface area contributed by atoms with Crippen molar-refractivity contribution in [2.24, 2.45) is 0 Å². The standard InChI is InChI=1S/C17H17F3N2O3S/c1-11-4-5-12(10-15(11)22(2)26(3,24)25)16(23)21-14-8-6-13(7-9-14)17(18,19)20/h4-10H,1-3H3,(H,21,23). The van der Waals surface area contributed by atoms with Gasteiger partial charge >= 0.3 is 6.18 Å². The number of rotatable bonds is 4. The van der Waals surface area contributed by atoms with Crippen LogP contribution in [0, 0.1) is 6.92 Å². The predicted octanol–water partition coefficient (Wildman–Crippen LogP) is 3.66. The van der Waals surface area contributed by atoms with Gasteiger partial charge in [-0.1, -0.05) is 6.07 Å². The van der Waals surface area contributed by atoms with Crippen LogP contribution in [0.15, 0.2) is 42.5 Å². The second-order valence-electron chi connectivity index (χ2n) is 5.76. The number of aryl methyl sites for hydroxylation is 1. The predicted molar refractivity (Wildman–Crippen MR) is 93.8 cm³/mol. The van der Waals surface area contributed by atoms with E-state index in [0.29, 0.717) is 11.3 Å². The molecule has 0 saturated carbocycles. The lowest BCUT2D eigenvalue weighted by molar-refractivity contribution is -0.137. The van der Waals surface area contributed by atoms with Crippen molar-refractivity contribution in [3.63, 3.8) is 0 Å². The molecular formula is C17H17F3N2O3S. The zero-order valence-corrected chi connectivity index (χ0v) is 15.1. The Labute approximate surface area is 149 Å². The zero-order valence-electron chi connectivity index (χ0n) is 14.3. The Bertz CT molecular complexity index is 923. The number of nitrogens with one attached hydrogen (secondary N) is 1. The quantitative estimate of drug-likeness (QED) is 0.872. The maximum absolute atomic E-state index is 12.6. The van der Waals surface area contributed by atoms with Crippen molar-refractivity contribution in [1.82, 2.24) is 0 Å². The van der Waals surface area contributed by atoms with Gasteiger partial charge in [0.15, 0.2) is 0 Å². The summed E-state index contributed by atoms with van der Waals surface area (Å²) in [6, 6.07) is 8.56.